The van der Waals surface area contributed by atoms with Crippen LogP contribution in [0.2, 0.25) is 0 Å². The molecule has 0 spiro atoms. The predicted octanol–water partition coefficient (Wildman–Crippen LogP) is 0.421. The van der Waals surface area contributed by atoms with Crippen LogP contribution in [0.25, 0.3) is 0 Å². The molecule has 0 bridgehead atoms. The van der Waals surface area contributed by atoms with Gasteiger partial charge in [-0.3, -0.25) is 14.3 Å². The maximum Gasteiger partial charge on any atom is 0.327 e. The van der Waals surface area contributed by atoms with E-state index >= 15 is 0 Å². The van der Waals surface area contributed by atoms with E-state index in [0.29, 0.717) is 12.3 Å². The lowest BCUT2D eigenvalue weighted by Crippen LogP contribution is -2.30. The van der Waals surface area contributed by atoms with E-state index in [1.54, 1.807) is 6.20 Å². The Balaban J connectivity index is 1.88. The highest BCUT2D eigenvalue weighted by molar-refractivity contribution is 5.92. The van der Waals surface area contributed by atoms with Crippen molar-refractivity contribution in [1.29, 1.82) is 0 Å². The van der Waals surface area contributed by atoms with Crippen molar-refractivity contribution in [3.05, 3.63) is 12.4 Å². The number of ether oxygens (including phenoxy) is 2. The normalized spacial score (nSPS) is 18.9. The third kappa shape index (κ3) is 3.78. The number of esters is 1. The van der Waals surface area contributed by atoms with E-state index in [9.17, 15) is 9.59 Å². The molecule has 1 unspecified atom stereocenters. The average Bonchev–Trinajstić information content (AvgIpc) is 2.86. The Morgan fingerprint density at radius 2 is 2.47 bits per heavy atom. The van der Waals surface area contributed by atoms with Crippen molar-refractivity contribution in [3.8, 4) is 0 Å². The number of nitrogens with zero attached hydrogens (tertiary/aromatic N) is 2. The van der Waals surface area contributed by atoms with E-state index in [2.05, 4.69) is 15.2 Å². The Bertz CT molecular complexity index is 452. The quantitative estimate of drug-likeness (QED) is 0.799. The smallest absolute Gasteiger partial charge is 0.327 e. The summed E-state index contributed by atoms with van der Waals surface area (Å²) in [7, 11) is 1.32. The first-order valence-electron chi connectivity index (χ1n) is 6.17. The Labute approximate surface area is 110 Å². The van der Waals surface area contributed by atoms with Crippen molar-refractivity contribution >= 4 is 17.6 Å². The summed E-state index contributed by atoms with van der Waals surface area (Å²) in [6.07, 6.45) is 4.84. The second-order valence-electron chi connectivity index (χ2n) is 4.41. The van der Waals surface area contributed by atoms with Crippen LogP contribution in [0, 0.1) is 5.92 Å². The molecular formula is C12H17N3O4. The fourth-order valence-electron chi connectivity index (χ4n) is 1.90. The summed E-state index contributed by atoms with van der Waals surface area (Å²) in [4.78, 5) is 23.0. The molecule has 0 saturated carbocycles. The fourth-order valence-corrected chi connectivity index (χ4v) is 1.90. The zero-order valence-corrected chi connectivity index (χ0v) is 10.8. The third-order valence-corrected chi connectivity index (χ3v) is 2.95. The van der Waals surface area contributed by atoms with Gasteiger partial charge in [0, 0.05) is 12.8 Å². The first kappa shape index (κ1) is 13.5. The van der Waals surface area contributed by atoms with Crippen molar-refractivity contribution in [2.45, 2.75) is 19.4 Å². The molecule has 0 aliphatic carbocycles. The van der Waals surface area contributed by atoms with Gasteiger partial charge in [0.25, 0.3) is 0 Å². The molecule has 1 saturated heterocycles. The fraction of sp³-hybridized carbons (Fsp3) is 0.583. The van der Waals surface area contributed by atoms with Gasteiger partial charge in [-0.25, -0.2) is 0 Å². The van der Waals surface area contributed by atoms with Gasteiger partial charge in [-0.2, -0.15) is 5.10 Å². The Kier molecular flexibility index (Phi) is 4.51. The number of carbonyl (C=O) groups is 2. The van der Waals surface area contributed by atoms with Gasteiger partial charge >= 0.3 is 5.97 Å². The van der Waals surface area contributed by atoms with E-state index in [-0.39, 0.29) is 24.3 Å². The molecule has 7 nitrogen and oxygen atoms in total. The predicted molar refractivity (Wildman–Crippen MR) is 66.4 cm³/mol. The number of nitrogens with one attached hydrogen (secondary N) is 1. The van der Waals surface area contributed by atoms with Gasteiger partial charge in [0.05, 0.1) is 31.5 Å². The molecular weight excluding hydrogens is 250 g/mol. The number of methoxy groups -OCH3 is 1. The van der Waals surface area contributed by atoms with Crippen LogP contribution in [0.4, 0.5) is 5.69 Å². The number of hydrogen-bond donors (Lipinski definition) is 1. The largest absolute Gasteiger partial charge is 0.468 e. The van der Waals surface area contributed by atoms with Crippen LogP contribution < -0.4 is 5.32 Å². The Morgan fingerprint density at radius 3 is 3.16 bits per heavy atom. The van der Waals surface area contributed by atoms with Gasteiger partial charge in [0.2, 0.25) is 5.91 Å². The highest BCUT2D eigenvalue weighted by atomic mass is 16.5. The lowest BCUT2D eigenvalue weighted by atomic mass is 10.0. The van der Waals surface area contributed by atoms with Gasteiger partial charge in [-0.15, -0.1) is 0 Å². The van der Waals surface area contributed by atoms with Crippen LogP contribution in [-0.4, -0.2) is 42.0 Å². The van der Waals surface area contributed by atoms with E-state index in [1.165, 1.54) is 18.0 Å². The zero-order valence-electron chi connectivity index (χ0n) is 10.8. The molecule has 1 aliphatic rings. The summed E-state index contributed by atoms with van der Waals surface area (Å²) < 4.78 is 11.2. The molecule has 0 aromatic carbocycles. The number of rotatable bonds is 4. The van der Waals surface area contributed by atoms with Gasteiger partial charge in [-0.1, -0.05) is 0 Å². The second kappa shape index (κ2) is 6.33. The van der Waals surface area contributed by atoms with Crippen molar-refractivity contribution in [3.63, 3.8) is 0 Å². The number of hydrogen-bond acceptors (Lipinski definition) is 5. The standard InChI is InChI=1S/C12H17N3O4/c1-18-11(16)7-15-6-10(5-13-15)14-12(17)9-3-2-4-19-8-9/h5-6,9H,2-4,7-8H2,1H3,(H,14,17). The molecule has 1 amide bonds. The summed E-state index contributed by atoms with van der Waals surface area (Å²) in [6, 6.07) is 0. The Hall–Kier alpha value is -1.89. The molecule has 1 aromatic heterocycles. The van der Waals surface area contributed by atoms with Gasteiger partial charge in [-0.05, 0) is 12.8 Å². The number of anilines is 1. The maximum atomic E-state index is 11.9. The van der Waals surface area contributed by atoms with E-state index in [0.717, 1.165) is 19.4 Å². The highest BCUT2D eigenvalue weighted by Crippen LogP contribution is 2.16. The molecule has 1 N–H and O–H groups in total. The average molecular weight is 267 g/mol. The summed E-state index contributed by atoms with van der Waals surface area (Å²) in [5.74, 6) is -0.573. The minimum Gasteiger partial charge on any atom is -0.468 e. The van der Waals surface area contributed by atoms with Crippen molar-refractivity contribution < 1.29 is 19.1 Å². The summed E-state index contributed by atoms with van der Waals surface area (Å²) >= 11 is 0. The molecule has 19 heavy (non-hydrogen) atoms. The zero-order chi connectivity index (χ0) is 13.7. The SMILES string of the molecule is COC(=O)Cn1cc(NC(=O)C2CCCOC2)cn1. The van der Waals surface area contributed by atoms with Crippen LogP contribution in [-0.2, 0) is 25.6 Å². The van der Waals surface area contributed by atoms with E-state index in [4.69, 9.17) is 4.74 Å². The molecule has 7 heteroatoms. The molecule has 1 aliphatic heterocycles. The van der Waals surface area contributed by atoms with Crippen LogP contribution in [0.15, 0.2) is 12.4 Å². The van der Waals surface area contributed by atoms with Crippen molar-refractivity contribution in [2.24, 2.45) is 5.92 Å². The van der Waals surface area contributed by atoms with Crippen LogP contribution in [0.5, 0.6) is 0 Å². The molecule has 0 radical (unpaired) electrons. The molecule has 2 heterocycles. The molecule has 2 rings (SSSR count). The first-order chi connectivity index (χ1) is 9.19. The Morgan fingerprint density at radius 1 is 1.63 bits per heavy atom. The molecule has 1 atom stereocenters. The second-order valence-corrected chi connectivity index (χ2v) is 4.41. The molecule has 1 fully saturated rings. The van der Waals surface area contributed by atoms with E-state index in [1.807, 2.05) is 0 Å². The molecule has 104 valence electrons. The maximum absolute atomic E-state index is 11.9. The van der Waals surface area contributed by atoms with Crippen molar-refractivity contribution in [1.82, 2.24) is 9.78 Å². The number of aromatic nitrogens is 2. The summed E-state index contributed by atoms with van der Waals surface area (Å²) in [5.41, 5.74) is 0.569. The van der Waals surface area contributed by atoms with Crippen LogP contribution in [0.1, 0.15) is 12.8 Å². The van der Waals surface area contributed by atoms with Crippen LogP contribution >= 0.6 is 0 Å². The van der Waals surface area contributed by atoms with Gasteiger partial charge in [0.1, 0.15) is 6.54 Å². The lowest BCUT2D eigenvalue weighted by molar-refractivity contribution is -0.141. The number of amides is 1. The summed E-state index contributed by atoms with van der Waals surface area (Å²) in [6.45, 7) is 1.21. The third-order valence-electron chi connectivity index (χ3n) is 2.95. The van der Waals surface area contributed by atoms with Gasteiger partial charge < -0.3 is 14.8 Å². The first-order valence-corrected chi connectivity index (χ1v) is 6.17. The monoisotopic (exact) mass is 267 g/mol. The summed E-state index contributed by atoms with van der Waals surface area (Å²) in [5, 5.41) is 6.74. The van der Waals surface area contributed by atoms with Crippen molar-refractivity contribution in [2.75, 3.05) is 25.6 Å². The minimum atomic E-state index is -0.387. The lowest BCUT2D eigenvalue weighted by Gasteiger charge is -2.20. The topological polar surface area (TPSA) is 82.5 Å². The van der Waals surface area contributed by atoms with Crippen LogP contribution in [0.3, 0.4) is 0 Å². The number of carbonyl (C=O) groups excluding carboxylic acids is 2. The minimum absolute atomic E-state index is 0.0267. The van der Waals surface area contributed by atoms with E-state index < -0.39 is 0 Å². The highest BCUT2D eigenvalue weighted by Gasteiger charge is 2.22. The van der Waals surface area contributed by atoms with Gasteiger partial charge in [0.15, 0.2) is 0 Å². The molecule has 1 aromatic rings.